The zero-order valence-electron chi connectivity index (χ0n) is 17.5. The molecule has 1 saturated heterocycles. The largest absolute Gasteiger partial charge is 0.507 e. The van der Waals surface area contributed by atoms with E-state index in [1.54, 1.807) is 6.07 Å². The Morgan fingerprint density at radius 3 is 2.55 bits per heavy atom. The third kappa shape index (κ3) is 4.14. The van der Waals surface area contributed by atoms with Crippen LogP contribution in [0.4, 0.5) is 11.4 Å². The number of benzene rings is 2. The molecule has 0 bridgehead atoms. The highest BCUT2D eigenvalue weighted by atomic mass is 16.5. The molecule has 0 radical (unpaired) electrons. The maximum absolute atomic E-state index is 12.6. The minimum atomic E-state index is -0.398. The van der Waals surface area contributed by atoms with Crippen molar-refractivity contribution in [2.75, 3.05) is 36.9 Å². The van der Waals surface area contributed by atoms with Crippen LogP contribution in [0.2, 0.25) is 0 Å². The minimum Gasteiger partial charge on any atom is -0.507 e. The highest BCUT2D eigenvalue weighted by molar-refractivity contribution is 5.72. The van der Waals surface area contributed by atoms with Crippen LogP contribution in [-0.2, 0) is 4.74 Å². The number of rotatable bonds is 6. The van der Waals surface area contributed by atoms with Gasteiger partial charge in [0.15, 0.2) is 5.82 Å². The Morgan fingerprint density at radius 1 is 1.19 bits per heavy atom. The second-order valence-corrected chi connectivity index (χ2v) is 7.70. The average Bonchev–Trinajstić information content (AvgIpc) is 3.15. The fourth-order valence-corrected chi connectivity index (χ4v) is 3.94. The van der Waals surface area contributed by atoms with Crippen LogP contribution in [0.3, 0.4) is 0 Å². The molecule has 1 unspecified atom stereocenters. The van der Waals surface area contributed by atoms with E-state index in [0.29, 0.717) is 36.0 Å². The normalized spacial score (nSPS) is 15.2. The average molecular weight is 425 g/mol. The van der Waals surface area contributed by atoms with Gasteiger partial charge < -0.3 is 26.2 Å². The first-order chi connectivity index (χ1) is 15.0. The summed E-state index contributed by atoms with van der Waals surface area (Å²) in [5.74, 6) is 0.238. The van der Waals surface area contributed by atoms with Crippen LogP contribution in [0.15, 0.2) is 41.2 Å². The molecule has 6 N–H and O–H groups in total. The number of nitrogens with zero attached hydrogens (tertiary/aromatic N) is 3. The molecular weight excluding hydrogens is 396 g/mol. The van der Waals surface area contributed by atoms with E-state index in [1.807, 2.05) is 31.2 Å². The van der Waals surface area contributed by atoms with Crippen LogP contribution in [0.1, 0.15) is 31.4 Å². The molecule has 1 atom stereocenters. The number of aromatic hydroxyl groups is 1. The third-order valence-corrected chi connectivity index (χ3v) is 5.60. The van der Waals surface area contributed by atoms with Crippen LogP contribution in [0, 0.1) is 0 Å². The van der Waals surface area contributed by atoms with Crippen molar-refractivity contribution in [3.8, 4) is 22.8 Å². The lowest BCUT2D eigenvalue weighted by Crippen LogP contribution is -2.36. The molecule has 1 fully saturated rings. The molecule has 4 rings (SSSR count). The van der Waals surface area contributed by atoms with E-state index in [4.69, 9.17) is 16.2 Å². The number of H-pyrrole nitrogens is 1. The highest BCUT2D eigenvalue weighted by Gasteiger charge is 2.20. The number of hydrogen-bond donors (Lipinski definition) is 4. The summed E-state index contributed by atoms with van der Waals surface area (Å²) in [6, 6.07) is 10.6. The number of phenols is 1. The number of nitrogens with two attached hydrogens (primary N) is 2. The summed E-state index contributed by atoms with van der Waals surface area (Å²) >= 11 is 0. The summed E-state index contributed by atoms with van der Waals surface area (Å²) in [6.45, 7) is 5.11. The predicted molar refractivity (Wildman–Crippen MR) is 121 cm³/mol. The molecule has 3 aromatic rings. The maximum atomic E-state index is 12.6. The summed E-state index contributed by atoms with van der Waals surface area (Å²) in [6.07, 6.45) is 1.66. The Bertz CT molecular complexity index is 1100. The standard InChI is InChI=1S/C22H28N6O3/c1-2-3-18(23)16-12-17(20(29)13-19(16)24)21-25-26-22(30)28(21)15-6-4-14(5-7-15)27-8-10-31-11-9-27/h4-7,12-13,18,29H,2-3,8-11,23-24H2,1H3,(H,26,30). The van der Waals surface area contributed by atoms with E-state index < -0.39 is 5.69 Å². The molecule has 9 heteroatoms. The molecule has 164 valence electrons. The van der Waals surface area contributed by atoms with Crippen molar-refractivity contribution in [1.82, 2.24) is 14.8 Å². The lowest BCUT2D eigenvalue weighted by atomic mass is 9.98. The van der Waals surface area contributed by atoms with Gasteiger partial charge in [0.1, 0.15) is 5.75 Å². The van der Waals surface area contributed by atoms with Crippen molar-refractivity contribution in [3.63, 3.8) is 0 Å². The number of ether oxygens (including phenoxy) is 1. The van der Waals surface area contributed by atoms with Gasteiger partial charge in [0.2, 0.25) is 0 Å². The van der Waals surface area contributed by atoms with Gasteiger partial charge in [-0.25, -0.2) is 14.5 Å². The van der Waals surface area contributed by atoms with Gasteiger partial charge in [-0.1, -0.05) is 13.3 Å². The molecule has 2 heterocycles. The maximum Gasteiger partial charge on any atom is 0.348 e. The van der Waals surface area contributed by atoms with E-state index in [0.717, 1.165) is 37.2 Å². The lowest BCUT2D eigenvalue weighted by Gasteiger charge is -2.28. The van der Waals surface area contributed by atoms with E-state index in [-0.39, 0.29) is 11.8 Å². The summed E-state index contributed by atoms with van der Waals surface area (Å²) in [5, 5.41) is 17.2. The summed E-state index contributed by atoms with van der Waals surface area (Å²) in [4.78, 5) is 14.8. The molecule has 2 aromatic carbocycles. The van der Waals surface area contributed by atoms with Crippen LogP contribution in [-0.4, -0.2) is 46.2 Å². The molecule has 1 aliphatic heterocycles. The molecule has 0 saturated carbocycles. The van der Waals surface area contributed by atoms with Crippen molar-refractivity contribution < 1.29 is 9.84 Å². The molecular formula is C22H28N6O3. The first kappa shape index (κ1) is 21.0. The molecule has 9 nitrogen and oxygen atoms in total. The number of morpholine rings is 1. The molecule has 0 aliphatic carbocycles. The second kappa shape index (κ2) is 8.83. The number of aromatic nitrogens is 3. The first-order valence-corrected chi connectivity index (χ1v) is 10.5. The predicted octanol–water partition coefficient (Wildman–Crippen LogP) is 2.15. The van der Waals surface area contributed by atoms with Crippen molar-refractivity contribution in [2.24, 2.45) is 5.73 Å². The van der Waals surface area contributed by atoms with E-state index in [2.05, 4.69) is 15.1 Å². The van der Waals surface area contributed by atoms with Gasteiger partial charge >= 0.3 is 5.69 Å². The SMILES string of the molecule is CCCC(N)c1cc(-c2n[nH]c(=O)n2-c2ccc(N3CCOCC3)cc2)c(O)cc1N. The fourth-order valence-electron chi connectivity index (χ4n) is 3.94. The van der Waals surface area contributed by atoms with E-state index in [9.17, 15) is 9.90 Å². The van der Waals surface area contributed by atoms with E-state index in [1.165, 1.54) is 10.6 Å². The van der Waals surface area contributed by atoms with Gasteiger partial charge in [0.05, 0.1) is 24.5 Å². The van der Waals surface area contributed by atoms with Gasteiger partial charge in [-0.2, -0.15) is 5.10 Å². The van der Waals surface area contributed by atoms with Gasteiger partial charge in [0, 0.05) is 36.6 Å². The van der Waals surface area contributed by atoms with Gasteiger partial charge in [-0.05, 0) is 42.3 Å². The zero-order chi connectivity index (χ0) is 22.0. The highest BCUT2D eigenvalue weighted by Crippen LogP contribution is 2.35. The molecule has 31 heavy (non-hydrogen) atoms. The Labute approximate surface area is 180 Å². The molecule has 1 aliphatic rings. The Hall–Kier alpha value is -3.30. The summed E-state index contributed by atoms with van der Waals surface area (Å²) in [5.41, 5.74) is 15.2. The number of anilines is 2. The van der Waals surface area contributed by atoms with Crippen molar-refractivity contribution in [3.05, 3.63) is 52.4 Å². The third-order valence-electron chi connectivity index (χ3n) is 5.60. The lowest BCUT2D eigenvalue weighted by molar-refractivity contribution is 0.122. The first-order valence-electron chi connectivity index (χ1n) is 10.5. The Kier molecular flexibility index (Phi) is 5.97. The topological polar surface area (TPSA) is 135 Å². The Morgan fingerprint density at radius 2 is 1.87 bits per heavy atom. The summed E-state index contributed by atoms with van der Waals surface area (Å²) in [7, 11) is 0. The molecule has 0 spiro atoms. The number of aromatic amines is 1. The van der Waals surface area contributed by atoms with E-state index >= 15 is 0 Å². The van der Waals surface area contributed by atoms with Crippen molar-refractivity contribution in [2.45, 2.75) is 25.8 Å². The number of nitrogens with one attached hydrogen (secondary N) is 1. The molecule has 1 aromatic heterocycles. The monoisotopic (exact) mass is 424 g/mol. The Balaban J connectivity index is 1.73. The van der Waals surface area contributed by atoms with Gasteiger partial charge in [-0.15, -0.1) is 0 Å². The second-order valence-electron chi connectivity index (χ2n) is 7.70. The van der Waals surface area contributed by atoms with Crippen molar-refractivity contribution >= 4 is 11.4 Å². The summed E-state index contributed by atoms with van der Waals surface area (Å²) < 4.78 is 6.84. The number of phenolic OH excluding ortho intramolecular Hbond substituents is 1. The van der Waals surface area contributed by atoms with Crippen LogP contribution >= 0.6 is 0 Å². The minimum absolute atomic E-state index is 0.0601. The van der Waals surface area contributed by atoms with Gasteiger partial charge in [0.25, 0.3) is 0 Å². The molecule has 0 amide bonds. The van der Waals surface area contributed by atoms with Gasteiger partial charge in [-0.3, -0.25) is 0 Å². The van der Waals surface area contributed by atoms with Crippen LogP contribution in [0.5, 0.6) is 5.75 Å². The van der Waals surface area contributed by atoms with Crippen molar-refractivity contribution in [1.29, 1.82) is 0 Å². The van der Waals surface area contributed by atoms with Crippen LogP contribution in [0.25, 0.3) is 17.1 Å². The van der Waals surface area contributed by atoms with Crippen LogP contribution < -0.4 is 22.1 Å². The smallest absolute Gasteiger partial charge is 0.348 e. The zero-order valence-corrected chi connectivity index (χ0v) is 17.5. The number of hydrogen-bond acceptors (Lipinski definition) is 7. The quantitative estimate of drug-likeness (QED) is 0.445. The fraction of sp³-hybridized carbons (Fsp3) is 0.364. The number of nitrogen functional groups attached to an aromatic ring is 1.